The molecule has 0 aliphatic heterocycles. The molecule has 0 atom stereocenters. The minimum atomic E-state index is -2.87. The zero-order valence-electron chi connectivity index (χ0n) is 6.03. The fourth-order valence-corrected chi connectivity index (χ4v) is 1.98. The second kappa shape index (κ2) is 4.57. The predicted molar refractivity (Wildman–Crippen MR) is 53.5 cm³/mol. The molecular formula is C7H3Br2ClF2O. The van der Waals surface area contributed by atoms with E-state index in [2.05, 4.69) is 36.6 Å². The van der Waals surface area contributed by atoms with Gasteiger partial charge in [0.2, 0.25) is 0 Å². The van der Waals surface area contributed by atoms with Crippen molar-refractivity contribution in [1.82, 2.24) is 0 Å². The third-order valence-electron chi connectivity index (χ3n) is 1.21. The molecule has 0 radical (unpaired) electrons. The summed E-state index contributed by atoms with van der Waals surface area (Å²) in [5.74, 6) is 0.00231. The molecule has 0 bridgehead atoms. The summed E-state index contributed by atoms with van der Waals surface area (Å²) >= 11 is 11.8. The number of benzene rings is 1. The summed E-state index contributed by atoms with van der Waals surface area (Å²) in [5.41, 5.74) is 0. The van der Waals surface area contributed by atoms with Gasteiger partial charge in [-0.15, -0.1) is 0 Å². The van der Waals surface area contributed by atoms with E-state index in [9.17, 15) is 8.78 Å². The molecule has 0 amide bonds. The van der Waals surface area contributed by atoms with Crippen molar-refractivity contribution in [2.75, 3.05) is 0 Å². The van der Waals surface area contributed by atoms with Gasteiger partial charge in [0.05, 0.1) is 14.0 Å². The quantitative estimate of drug-likeness (QED) is 0.724. The van der Waals surface area contributed by atoms with Gasteiger partial charge < -0.3 is 4.74 Å². The summed E-state index contributed by atoms with van der Waals surface area (Å²) in [6, 6.07) is 3.10. The summed E-state index contributed by atoms with van der Waals surface area (Å²) in [6.07, 6.45) is 0. The Morgan fingerprint density at radius 3 is 2.46 bits per heavy atom. The van der Waals surface area contributed by atoms with Crippen molar-refractivity contribution >= 4 is 43.5 Å². The van der Waals surface area contributed by atoms with Crippen LogP contribution in [0.4, 0.5) is 8.78 Å². The number of alkyl halides is 2. The smallest absolute Gasteiger partial charge is 0.387 e. The molecular weight excluding hydrogens is 333 g/mol. The van der Waals surface area contributed by atoms with Gasteiger partial charge in [-0.2, -0.15) is 8.78 Å². The molecule has 13 heavy (non-hydrogen) atoms. The van der Waals surface area contributed by atoms with Gasteiger partial charge in [-0.3, -0.25) is 0 Å². The van der Waals surface area contributed by atoms with Crippen molar-refractivity contribution in [3.8, 4) is 5.75 Å². The molecule has 1 nitrogen and oxygen atoms in total. The van der Waals surface area contributed by atoms with E-state index in [-0.39, 0.29) is 5.75 Å². The topological polar surface area (TPSA) is 9.23 Å². The fraction of sp³-hybridized carbons (Fsp3) is 0.143. The number of hydrogen-bond acceptors (Lipinski definition) is 1. The molecule has 6 heteroatoms. The molecule has 0 N–H and O–H groups in total. The van der Waals surface area contributed by atoms with Crippen LogP contribution in [0, 0.1) is 0 Å². The van der Waals surface area contributed by atoms with Crippen molar-refractivity contribution in [2.24, 2.45) is 0 Å². The first kappa shape index (κ1) is 11.2. The normalized spacial score (nSPS) is 10.6. The molecule has 1 rings (SSSR count). The number of rotatable bonds is 2. The van der Waals surface area contributed by atoms with E-state index in [1.54, 1.807) is 6.07 Å². The van der Waals surface area contributed by atoms with Crippen molar-refractivity contribution < 1.29 is 13.5 Å². The van der Waals surface area contributed by atoms with Crippen LogP contribution in [0.25, 0.3) is 0 Å². The zero-order chi connectivity index (χ0) is 10.0. The second-order valence-corrected chi connectivity index (χ2v) is 4.11. The largest absolute Gasteiger partial charge is 0.432 e. The van der Waals surface area contributed by atoms with Gasteiger partial charge >= 0.3 is 6.61 Å². The molecule has 1 aromatic rings. The zero-order valence-corrected chi connectivity index (χ0v) is 9.96. The molecule has 0 aromatic heterocycles. The molecule has 0 aliphatic rings. The highest BCUT2D eigenvalue weighted by Crippen LogP contribution is 2.39. The van der Waals surface area contributed by atoms with Crippen LogP contribution in [-0.2, 0) is 0 Å². The summed E-state index contributed by atoms with van der Waals surface area (Å²) in [6.45, 7) is -2.87. The van der Waals surface area contributed by atoms with Crippen LogP contribution in [0.1, 0.15) is 0 Å². The molecule has 0 heterocycles. The first-order valence-corrected chi connectivity index (χ1v) is 5.07. The first-order chi connectivity index (χ1) is 6.02. The van der Waals surface area contributed by atoms with E-state index in [4.69, 9.17) is 11.6 Å². The van der Waals surface area contributed by atoms with Crippen LogP contribution < -0.4 is 4.74 Å². The number of hydrogen-bond donors (Lipinski definition) is 0. The van der Waals surface area contributed by atoms with Crippen LogP contribution in [0.15, 0.2) is 21.1 Å². The third kappa shape index (κ3) is 2.79. The maximum absolute atomic E-state index is 11.9. The van der Waals surface area contributed by atoms with E-state index >= 15 is 0 Å². The Morgan fingerprint density at radius 2 is 1.92 bits per heavy atom. The van der Waals surface area contributed by atoms with Crippen LogP contribution in [-0.4, -0.2) is 6.61 Å². The van der Waals surface area contributed by atoms with Gasteiger partial charge in [-0.05, 0) is 44.0 Å². The summed E-state index contributed by atoms with van der Waals surface area (Å²) in [5, 5.41) is 0.318. The van der Waals surface area contributed by atoms with E-state index in [1.807, 2.05) is 0 Å². The fourth-order valence-electron chi connectivity index (χ4n) is 0.706. The lowest BCUT2D eigenvalue weighted by atomic mass is 10.3. The van der Waals surface area contributed by atoms with Crippen LogP contribution >= 0.6 is 43.5 Å². The molecule has 0 fully saturated rings. The number of halogens is 5. The first-order valence-electron chi connectivity index (χ1n) is 3.10. The highest BCUT2D eigenvalue weighted by molar-refractivity contribution is 9.11. The Labute approximate surface area is 95.3 Å². The Hall–Kier alpha value is 0.130. The Bertz CT molecular complexity index is 320. The van der Waals surface area contributed by atoms with Crippen molar-refractivity contribution in [2.45, 2.75) is 6.61 Å². The maximum atomic E-state index is 11.9. The molecule has 0 spiro atoms. The minimum absolute atomic E-state index is 0.00231. The summed E-state index contributed by atoms with van der Waals surface area (Å²) in [4.78, 5) is 0. The van der Waals surface area contributed by atoms with E-state index in [0.717, 1.165) is 0 Å². The van der Waals surface area contributed by atoms with Crippen LogP contribution in [0.5, 0.6) is 5.75 Å². The van der Waals surface area contributed by atoms with Crippen LogP contribution in [0.3, 0.4) is 0 Å². The average Bonchev–Trinajstić information content (AvgIpc) is 2.05. The molecule has 0 aliphatic carbocycles. The lowest BCUT2D eigenvalue weighted by molar-refractivity contribution is -0.0508. The minimum Gasteiger partial charge on any atom is -0.432 e. The highest BCUT2D eigenvalue weighted by Gasteiger charge is 2.14. The Balaban J connectivity index is 3.10. The van der Waals surface area contributed by atoms with Gasteiger partial charge in [0, 0.05) is 0 Å². The van der Waals surface area contributed by atoms with Crippen molar-refractivity contribution in [3.63, 3.8) is 0 Å². The lowest BCUT2D eigenvalue weighted by Gasteiger charge is -2.09. The van der Waals surface area contributed by atoms with Crippen molar-refractivity contribution in [3.05, 3.63) is 26.1 Å². The predicted octanol–water partition coefficient (Wildman–Crippen LogP) is 4.47. The molecule has 72 valence electrons. The van der Waals surface area contributed by atoms with E-state index in [0.29, 0.717) is 14.0 Å². The van der Waals surface area contributed by atoms with Gasteiger partial charge in [-0.25, -0.2) is 0 Å². The SMILES string of the molecule is FC(F)Oc1c(Br)ccc(Cl)c1Br. The maximum Gasteiger partial charge on any atom is 0.387 e. The van der Waals surface area contributed by atoms with E-state index < -0.39 is 6.61 Å². The Morgan fingerprint density at radius 1 is 1.31 bits per heavy atom. The number of ether oxygens (including phenoxy) is 1. The lowest BCUT2D eigenvalue weighted by Crippen LogP contribution is -2.03. The summed E-state index contributed by atoms with van der Waals surface area (Å²) in [7, 11) is 0. The molecule has 0 saturated carbocycles. The Kier molecular flexibility index (Phi) is 3.94. The molecule has 0 saturated heterocycles. The monoisotopic (exact) mass is 334 g/mol. The third-order valence-corrected chi connectivity index (χ3v) is 3.16. The second-order valence-electron chi connectivity index (χ2n) is 2.05. The summed E-state index contributed by atoms with van der Waals surface area (Å²) < 4.78 is 28.8. The average molecular weight is 336 g/mol. The van der Waals surface area contributed by atoms with Gasteiger partial charge in [-0.1, -0.05) is 11.6 Å². The van der Waals surface area contributed by atoms with Crippen molar-refractivity contribution in [1.29, 1.82) is 0 Å². The van der Waals surface area contributed by atoms with Gasteiger partial charge in [0.15, 0.2) is 5.75 Å². The standard InChI is InChI=1S/C7H3Br2ClF2O/c8-3-1-2-4(10)5(9)6(3)13-7(11)12/h1-2,7H. The van der Waals surface area contributed by atoms with Gasteiger partial charge in [0.1, 0.15) is 0 Å². The highest BCUT2D eigenvalue weighted by atomic mass is 79.9. The van der Waals surface area contributed by atoms with Gasteiger partial charge in [0.25, 0.3) is 0 Å². The molecule has 1 aromatic carbocycles. The van der Waals surface area contributed by atoms with Crippen LogP contribution in [0.2, 0.25) is 5.02 Å². The molecule has 0 unspecified atom stereocenters. The van der Waals surface area contributed by atoms with E-state index in [1.165, 1.54) is 6.07 Å².